The van der Waals surface area contributed by atoms with Gasteiger partial charge in [0.1, 0.15) is 17.6 Å². The molecule has 5 rings (SSSR count). The van der Waals surface area contributed by atoms with Crippen LogP contribution in [0.3, 0.4) is 0 Å². The van der Waals surface area contributed by atoms with Crippen molar-refractivity contribution in [3.05, 3.63) is 48.4 Å². The summed E-state index contributed by atoms with van der Waals surface area (Å²) in [6.07, 6.45) is 8.54. The zero-order chi connectivity index (χ0) is 21.7. The van der Waals surface area contributed by atoms with Crippen LogP contribution in [0.4, 0.5) is 20.3 Å². The van der Waals surface area contributed by atoms with Gasteiger partial charge in [0, 0.05) is 25.5 Å². The van der Waals surface area contributed by atoms with E-state index in [9.17, 15) is 13.6 Å². The average Bonchev–Trinajstić information content (AvgIpc) is 3.22. The number of rotatable bonds is 4. The van der Waals surface area contributed by atoms with Crippen molar-refractivity contribution in [1.82, 2.24) is 19.5 Å². The fourth-order valence-electron chi connectivity index (χ4n) is 4.31. The highest BCUT2D eigenvalue weighted by atomic mass is 19.2. The van der Waals surface area contributed by atoms with Crippen LogP contribution in [0, 0.1) is 11.6 Å². The van der Waals surface area contributed by atoms with E-state index in [1.165, 1.54) is 22.9 Å². The first kappa shape index (κ1) is 19.6. The molecular formula is C22H22F2N6O. The lowest BCUT2D eigenvalue weighted by molar-refractivity contribution is -0.120. The van der Waals surface area contributed by atoms with Crippen molar-refractivity contribution in [3.63, 3.8) is 0 Å². The van der Waals surface area contributed by atoms with Gasteiger partial charge in [0.05, 0.1) is 11.8 Å². The molecule has 160 valence electrons. The van der Waals surface area contributed by atoms with E-state index in [1.807, 2.05) is 6.92 Å². The third-order valence-corrected chi connectivity index (χ3v) is 6.20. The van der Waals surface area contributed by atoms with Crippen molar-refractivity contribution in [2.75, 3.05) is 16.8 Å². The van der Waals surface area contributed by atoms with Crippen LogP contribution < -0.4 is 9.80 Å². The van der Waals surface area contributed by atoms with Crippen LogP contribution in [-0.4, -0.2) is 44.6 Å². The number of benzene rings is 1. The predicted octanol–water partition coefficient (Wildman–Crippen LogP) is 3.72. The van der Waals surface area contributed by atoms with Crippen molar-refractivity contribution in [2.45, 2.75) is 44.7 Å². The number of anilines is 2. The minimum Gasteiger partial charge on any atom is -0.340 e. The monoisotopic (exact) mass is 424 g/mol. The third kappa shape index (κ3) is 2.98. The summed E-state index contributed by atoms with van der Waals surface area (Å²) in [6, 6.07) is 3.94. The molecule has 0 spiro atoms. The van der Waals surface area contributed by atoms with E-state index in [0.29, 0.717) is 17.9 Å². The van der Waals surface area contributed by atoms with Gasteiger partial charge in [-0.1, -0.05) is 13.0 Å². The highest BCUT2D eigenvalue weighted by Crippen LogP contribution is 2.40. The Labute approximate surface area is 178 Å². The van der Waals surface area contributed by atoms with Gasteiger partial charge in [-0.2, -0.15) is 4.98 Å². The zero-order valence-corrected chi connectivity index (χ0v) is 17.3. The van der Waals surface area contributed by atoms with E-state index in [4.69, 9.17) is 4.98 Å². The van der Waals surface area contributed by atoms with E-state index >= 15 is 0 Å². The Hall–Kier alpha value is -3.36. The quantitative estimate of drug-likeness (QED) is 0.639. The Kier molecular flexibility index (Phi) is 4.68. The number of halogens is 2. The molecule has 9 heteroatoms. The maximum atomic E-state index is 14.4. The van der Waals surface area contributed by atoms with Gasteiger partial charge < -0.3 is 9.80 Å². The topological polar surface area (TPSA) is 67.2 Å². The van der Waals surface area contributed by atoms with Crippen LogP contribution in [0.25, 0.3) is 17.3 Å². The van der Waals surface area contributed by atoms with Gasteiger partial charge in [-0.3, -0.25) is 9.36 Å². The number of likely N-dealkylation sites (N-methyl/N-ethyl adjacent to an activating group) is 1. The van der Waals surface area contributed by atoms with Crippen LogP contribution in [0.5, 0.6) is 0 Å². The maximum Gasteiger partial charge on any atom is 0.249 e. The molecule has 1 atom stereocenters. The molecule has 31 heavy (non-hydrogen) atoms. The third-order valence-electron chi connectivity index (χ3n) is 6.20. The lowest BCUT2D eigenvalue weighted by Crippen LogP contribution is -2.57. The Balaban J connectivity index is 1.64. The zero-order valence-electron chi connectivity index (χ0n) is 17.3. The van der Waals surface area contributed by atoms with Gasteiger partial charge in [-0.25, -0.2) is 18.7 Å². The van der Waals surface area contributed by atoms with Gasteiger partial charge in [-0.15, -0.1) is 0 Å². The number of hydrogen-bond donors (Lipinski definition) is 0. The number of imidazole rings is 1. The summed E-state index contributed by atoms with van der Waals surface area (Å²) < 4.78 is 29.8. The molecule has 2 aromatic heterocycles. The van der Waals surface area contributed by atoms with Crippen LogP contribution in [-0.2, 0) is 4.79 Å². The summed E-state index contributed by atoms with van der Waals surface area (Å²) in [4.78, 5) is 30.1. The van der Waals surface area contributed by atoms with Crippen LogP contribution in [0.1, 0.15) is 32.6 Å². The van der Waals surface area contributed by atoms with E-state index in [2.05, 4.69) is 14.9 Å². The molecule has 7 nitrogen and oxygen atoms in total. The molecule has 0 N–H and O–H groups in total. The highest BCUT2D eigenvalue weighted by Gasteiger charge is 2.42. The second kappa shape index (κ2) is 7.40. The number of fused-ring (bicyclic) bond motifs is 1. The van der Waals surface area contributed by atoms with E-state index in [0.717, 1.165) is 25.3 Å². The normalized spacial score (nSPS) is 18.8. The second-order valence-electron chi connectivity index (χ2n) is 7.91. The first-order valence-electron chi connectivity index (χ1n) is 10.4. The molecule has 1 amide bonds. The standard InChI is InChI=1S/C22H22F2N6O/c1-3-16-21(31)28(2)17-12-26-22(27-20(17)30(16)13-6-4-7-13)29-11-10-25-19(29)14-8-5-9-15(23)18(14)24/h5,8-13,16H,3-4,6-7H2,1-2H3/t16-/m1/s1. The van der Waals surface area contributed by atoms with Crippen molar-refractivity contribution in [1.29, 1.82) is 0 Å². The predicted molar refractivity (Wildman–Crippen MR) is 112 cm³/mol. The Morgan fingerprint density at radius 2 is 2.00 bits per heavy atom. The van der Waals surface area contributed by atoms with E-state index in [1.54, 1.807) is 24.3 Å². The van der Waals surface area contributed by atoms with Gasteiger partial charge in [0.2, 0.25) is 11.9 Å². The largest absolute Gasteiger partial charge is 0.340 e. The highest BCUT2D eigenvalue weighted by molar-refractivity contribution is 6.04. The smallest absolute Gasteiger partial charge is 0.249 e. The molecule has 0 radical (unpaired) electrons. The van der Waals surface area contributed by atoms with E-state index in [-0.39, 0.29) is 35.3 Å². The minimum atomic E-state index is -0.972. The molecule has 3 heterocycles. The molecule has 1 saturated carbocycles. The molecule has 0 bridgehead atoms. The first-order valence-corrected chi connectivity index (χ1v) is 10.4. The van der Waals surface area contributed by atoms with Crippen LogP contribution >= 0.6 is 0 Å². The lowest BCUT2D eigenvalue weighted by atomic mass is 9.88. The fraction of sp³-hybridized carbons (Fsp3) is 0.364. The van der Waals surface area contributed by atoms with Crippen molar-refractivity contribution < 1.29 is 13.6 Å². The number of amides is 1. The number of nitrogens with zero attached hydrogens (tertiary/aromatic N) is 6. The molecule has 1 aromatic carbocycles. The minimum absolute atomic E-state index is 0.0286. The molecule has 3 aromatic rings. The summed E-state index contributed by atoms with van der Waals surface area (Å²) in [6.45, 7) is 2.00. The number of hydrogen-bond acceptors (Lipinski definition) is 5. The first-order chi connectivity index (χ1) is 15.0. The number of carbonyl (C=O) groups is 1. The van der Waals surface area contributed by atoms with E-state index < -0.39 is 11.6 Å². The van der Waals surface area contributed by atoms with Crippen molar-refractivity contribution >= 4 is 17.4 Å². The van der Waals surface area contributed by atoms with Gasteiger partial charge in [0.15, 0.2) is 17.5 Å². The summed E-state index contributed by atoms with van der Waals surface area (Å²) in [5.74, 6) is -0.705. The summed E-state index contributed by atoms with van der Waals surface area (Å²) in [7, 11) is 1.73. The maximum absolute atomic E-state index is 14.4. The van der Waals surface area contributed by atoms with Crippen LogP contribution in [0.15, 0.2) is 36.8 Å². The molecule has 1 fully saturated rings. The molecule has 2 aliphatic rings. The van der Waals surface area contributed by atoms with Gasteiger partial charge in [-0.05, 0) is 37.8 Å². The molecule has 1 aliphatic carbocycles. The Morgan fingerprint density at radius 1 is 1.19 bits per heavy atom. The molecule has 1 aliphatic heterocycles. The average molecular weight is 424 g/mol. The van der Waals surface area contributed by atoms with Crippen molar-refractivity contribution in [2.24, 2.45) is 0 Å². The number of carbonyl (C=O) groups excluding carboxylic acids is 1. The summed E-state index contributed by atoms with van der Waals surface area (Å²) in [5.41, 5.74) is 0.671. The number of aromatic nitrogens is 4. The Morgan fingerprint density at radius 3 is 2.71 bits per heavy atom. The molecule has 0 unspecified atom stereocenters. The molecular weight excluding hydrogens is 402 g/mol. The van der Waals surface area contributed by atoms with Crippen molar-refractivity contribution in [3.8, 4) is 17.3 Å². The van der Waals surface area contributed by atoms with Crippen LogP contribution in [0.2, 0.25) is 0 Å². The molecule has 0 saturated heterocycles. The summed E-state index contributed by atoms with van der Waals surface area (Å²) in [5, 5.41) is 0. The SMILES string of the molecule is CC[C@@H]1C(=O)N(C)c2cnc(-n3ccnc3-c3cccc(F)c3F)nc2N1C1CCC1. The van der Waals surface area contributed by atoms with Gasteiger partial charge in [0.25, 0.3) is 0 Å². The Bertz CT molecular complexity index is 1160. The lowest BCUT2D eigenvalue weighted by Gasteiger charge is -2.47. The summed E-state index contributed by atoms with van der Waals surface area (Å²) >= 11 is 0. The second-order valence-corrected chi connectivity index (χ2v) is 7.91. The van der Waals surface area contributed by atoms with Gasteiger partial charge >= 0.3 is 0 Å². The fourth-order valence-corrected chi connectivity index (χ4v) is 4.31.